The molecule has 128 valence electrons. The fraction of sp³-hybridized carbons (Fsp3) is 0.412. The van der Waals surface area contributed by atoms with E-state index in [9.17, 15) is 9.50 Å². The summed E-state index contributed by atoms with van der Waals surface area (Å²) in [5.74, 6) is 0.506. The molecule has 3 rings (SSSR count). The SMILES string of the molecule is CCOCc1nc2c(N)nc3cc(F)ccc3c2n1CC(C)(C)O. The van der Waals surface area contributed by atoms with Gasteiger partial charge in [-0.05, 0) is 32.9 Å². The van der Waals surface area contributed by atoms with E-state index in [-0.39, 0.29) is 11.6 Å². The van der Waals surface area contributed by atoms with Gasteiger partial charge in [-0.1, -0.05) is 0 Å². The third kappa shape index (κ3) is 3.05. The largest absolute Gasteiger partial charge is 0.389 e. The fourth-order valence-electron chi connectivity index (χ4n) is 2.79. The Morgan fingerprint density at radius 3 is 2.75 bits per heavy atom. The molecule has 0 fully saturated rings. The van der Waals surface area contributed by atoms with Crippen molar-refractivity contribution in [1.82, 2.24) is 14.5 Å². The maximum Gasteiger partial charge on any atom is 0.152 e. The highest BCUT2D eigenvalue weighted by Crippen LogP contribution is 2.30. The zero-order chi connectivity index (χ0) is 17.5. The highest BCUT2D eigenvalue weighted by molar-refractivity contribution is 6.06. The summed E-state index contributed by atoms with van der Waals surface area (Å²) in [6.45, 7) is 6.49. The second-order valence-electron chi connectivity index (χ2n) is 6.42. The maximum absolute atomic E-state index is 13.5. The lowest BCUT2D eigenvalue weighted by atomic mass is 10.1. The number of nitrogens with zero attached hydrogens (tertiary/aromatic N) is 3. The molecule has 2 heterocycles. The lowest BCUT2D eigenvalue weighted by molar-refractivity contribution is 0.0582. The Labute approximate surface area is 139 Å². The van der Waals surface area contributed by atoms with E-state index in [1.807, 2.05) is 11.5 Å². The van der Waals surface area contributed by atoms with Crippen molar-refractivity contribution in [2.75, 3.05) is 12.3 Å². The Morgan fingerprint density at radius 2 is 2.08 bits per heavy atom. The Morgan fingerprint density at radius 1 is 1.33 bits per heavy atom. The van der Waals surface area contributed by atoms with E-state index < -0.39 is 5.60 Å². The molecule has 0 aliphatic carbocycles. The minimum Gasteiger partial charge on any atom is -0.389 e. The Balaban J connectivity index is 2.34. The van der Waals surface area contributed by atoms with Gasteiger partial charge in [0.1, 0.15) is 23.8 Å². The molecule has 2 aromatic heterocycles. The number of rotatable bonds is 5. The molecule has 0 bridgehead atoms. The van der Waals surface area contributed by atoms with Gasteiger partial charge in [-0.25, -0.2) is 14.4 Å². The van der Waals surface area contributed by atoms with E-state index in [0.717, 1.165) is 10.9 Å². The number of fused-ring (bicyclic) bond motifs is 3. The van der Waals surface area contributed by atoms with Gasteiger partial charge in [0.15, 0.2) is 5.82 Å². The van der Waals surface area contributed by atoms with Crippen molar-refractivity contribution in [3.05, 3.63) is 29.8 Å². The molecule has 6 nitrogen and oxygen atoms in total. The minimum absolute atomic E-state index is 0.232. The Bertz CT molecular complexity index is 899. The summed E-state index contributed by atoms with van der Waals surface area (Å²) in [5.41, 5.74) is 6.80. The second-order valence-corrected chi connectivity index (χ2v) is 6.42. The predicted octanol–water partition coefficient (Wildman–Crippen LogP) is 2.61. The van der Waals surface area contributed by atoms with Crippen molar-refractivity contribution in [3.8, 4) is 0 Å². The lowest BCUT2D eigenvalue weighted by Gasteiger charge is -2.20. The van der Waals surface area contributed by atoms with Gasteiger partial charge in [-0.3, -0.25) is 0 Å². The molecule has 0 saturated carbocycles. The molecule has 7 heteroatoms. The smallest absolute Gasteiger partial charge is 0.152 e. The third-order valence-electron chi connectivity index (χ3n) is 3.73. The van der Waals surface area contributed by atoms with Crippen molar-refractivity contribution in [2.24, 2.45) is 0 Å². The molecule has 0 unspecified atom stereocenters. The average Bonchev–Trinajstić information content (AvgIpc) is 2.82. The summed E-state index contributed by atoms with van der Waals surface area (Å²) in [5, 5.41) is 11.0. The van der Waals surface area contributed by atoms with Crippen LogP contribution in [0.4, 0.5) is 10.2 Å². The van der Waals surface area contributed by atoms with Gasteiger partial charge in [0.2, 0.25) is 0 Å². The second kappa shape index (κ2) is 5.99. The fourth-order valence-corrected chi connectivity index (χ4v) is 2.79. The van der Waals surface area contributed by atoms with E-state index in [2.05, 4.69) is 9.97 Å². The maximum atomic E-state index is 13.5. The topological polar surface area (TPSA) is 86.2 Å². The first-order chi connectivity index (χ1) is 11.3. The van der Waals surface area contributed by atoms with Crippen molar-refractivity contribution in [1.29, 1.82) is 0 Å². The van der Waals surface area contributed by atoms with Crippen LogP contribution in [0.25, 0.3) is 21.9 Å². The Hall–Kier alpha value is -2.25. The summed E-state index contributed by atoms with van der Waals surface area (Å²) < 4.78 is 20.9. The van der Waals surface area contributed by atoms with Gasteiger partial charge in [-0.15, -0.1) is 0 Å². The first-order valence-corrected chi connectivity index (χ1v) is 7.84. The summed E-state index contributed by atoms with van der Waals surface area (Å²) in [4.78, 5) is 8.81. The van der Waals surface area contributed by atoms with Gasteiger partial charge in [0, 0.05) is 18.1 Å². The molecule has 0 atom stereocenters. The van der Waals surface area contributed by atoms with Crippen molar-refractivity contribution in [3.63, 3.8) is 0 Å². The number of imidazole rings is 1. The standard InChI is InChI=1S/C17H21FN4O2/c1-4-24-8-13-21-14-15(22(13)9-17(2,3)23)11-6-5-10(18)7-12(11)20-16(14)19/h5-7,23H,4,8-9H2,1-3H3,(H2,19,20). The molecule has 0 aliphatic heterocycles. The van der Waals surface area contributed by atoms with Crippen LogP contribution in [0.3, 0.4) is 0 Å². The van der Waals surface area contributed by atoms with Gasteiger partial charge < -0.3 is 20.1 Å². The van der Waals surface area contributed by atoms with E-state index in [1.54, 1.807) is 19.9 Å². The van der Waals surface area contributed by atoms with Gasteiger partial charge in [-0.2, -0.15) is 0 Å². The number of benzene rings is 1. The quantitative estimate of drug-likeness (QED) is 0.750. The zero-order valence-electron chi connectivity index (χ0n) is 14.0. The molecule has 3 aromatic rings. The van der Waals surface area contributed by atoms with Gasteiger partial charge in [0.25, 0.3) is 0 Å². The minimum atomic E-state index is -0.959. The van der Waals surface area contributed by atoms with Crippen LogP contribution in [-0.4, -0.2) is 31.8 Å². The van der Waals surface area contributed by atoms with Gasteiger partial charge in [0.05, 0.1) is 23.2 Å². The summed E-state index contributed by atoms with van der Waals surface area (Å²) in [7, 11) is 0. The molecule has 0 saturated heterocycles. The monoisotopic (exact) mass is 332 g/mol. The van der Waals surface area contributed by atoms with Crippen molar-refractivity contribution < 1.29 is 14.2 Å². The van der Waals surface area contributed by atoms with Crippen molar-refractivity contribution in [2.45, 2.75) is 39.5 Å². The van der Waals surface area contributed by atoms with Crippen LogP contribution in [0.2, 0.25) is 0 Å². The number of hydrogen-bond donors (Lipinski definition) is 2. The predicted molar refractivity (Wildman–Crippen MR) is 91.0 cm³/mol. The normalized spacial score (nSPS) is 12.4. The number of nitrogens with two attached hydrogens (primary N) is 1. The van der Waals surface area contributed by atoms with Crippen LogP contribution >= 0.6 is 0 Å². The number of anilines is 1. The molecule has 24 heavy (non-hydrogen) atoms. The van der Waals surface area contributed by atoms with Crippen LogP contribution in [-0.2, 0) is 17.9 Å². The number of aliphatic hydroxyl groups is 1. The Kier molecular flexibility index (Phi) is 4.15. The first kappa shape index (κ1) is 16.6. The molecule has 1 aromatic carbocycles. The van der Waals surface area contributed by atoms with Crippen LogP contribution in [0.1, 0.15) is 26.6 Å². The van der Waals surface area contributed by atoms with E-state index in [0.29, 0.717) is 36.6 Å². The summed E-state index contributed by atoms with van der Waals surface area (Å²) in [6.07, 6.45) is 0. The average molecular weight is 332 g/mol. The van der Waals surface area contributed by atoms with Crippen LogP contribution < -0.4 is 5.73 Å². The molecule has 0 spiro atoms. The van der Waals surface area contributed by atoms with Gasteiger partial charge >= 0.3 is 0 Å². The summed E-state index contributed by atoms with van der Waals surface area (Å²) >= 11 is 0. The summed E-state index contributed by atoms with van der Waals surface area (Å²) in [6, 6.07) is 4.38. The molecule has 0 radical (unpaired) electrons. The van der Waals surface area contributed by atoms with Crippen LogP contribution in [0, 0.1) is 5.82 Å². The number of aromatic nitrogens is 3. The first-order valence-electron chi connectivity index (χ1n) is 7.84. The molecular weight excluding hydrogens is 311 g/mol. The van der Waals surface area contributed by atoms with E-state index >= 15 is 0 Å². The van der Waals surface area contributed by atoms with Crippen LogP contribution in [0.5, 0.6) is 0 Å². The number of ether oxygens (including phenoxy) is 1. The number of nitrogen functional groups attached to an aromatic ring is 1. The molecule has 0 aliphatic rings. The molecule has 0 amide bonds. The zero-order valence-corrected chi connectivity index (χ0v) is 14.0. The van der Waals surface area contributed by atoms with Crippen LogP contribution in [0.15, 0.2) is 18.2 Å². The number of halogens is 1. The highest BCUT2D eigenvalue weighted by atomic mass is 19.1. The van der Waals surface area contributed by atoms with E-state index in [4.69, 9.17) is 10.5 Å². The lowest BCUT2D eigenvalue weighted by Crippen LogP contribution is -2.27. The third-order valence-corrected chi connectivity index (χ3v) is 3.73. The van der Waals surface area contributed by atoms with Crippen molar-refractivity contribution >= 4 is 27.8 Å². The number of pyridine rings is 1. The highest BCUT2D eigenvalue weighted by Gasteiger charge is 2.22. The number of hydrogen-bond acceptors (Lipinski definition) is 5. The molecule has 3 N–H and O–H groups in total. The molecular formula is C17H21FN4O2. The van der Waals surface area contributed by atoms with E-state index in [1.165, 1.54) is 12.1 Å².